The standard InChI is InChI=1S/C22H27N3O3S/c1-26-19-8-6-18(7-9-19)17-27-14-12-24-22(25-16-21-5-3-15-29-21)23-11-10-20-4-2-13-28-20/h2-9,13,15H,10-12,14,16-17H2,1H3,(H2,23,24,25). The number of rotatable bonds is 11. The zero-order valence-electron chi connectivity index (χ0n) is 16.6. The third-order valence-corrected chi connectivity index (χ3v) is 5.04. The summed E-state index contributed by atoms with van der Waals surface area (Å²) in [5, 5.41) is 8.76. The van der Waals surface area contributed by atoms with Crippen LogP contribution in [0.4, 0.5) is 0 Å². The molecule has 154 valence electrons. The number of nitrogens with zero attached hydrogens (tertiary/aromatic N) is 1. The van der Waals surface area contributed by atoms with Crippen molar-refractivity contribution in [3.63, 3.8) is 0 Å². The van der Waals surface area contributed by atoms with Gasteiger partial charge in [0.2, 0.25) is 0 Å². The lowest BCUT2D eigenvalue weighted by Gasteiger charge is -2.12. The lowest BCUT2D eigenvalue weighted by atomic mass is 10.2. The molecule has 0 aliphatic heterocycles. The number of nitrogens with one attached hydrogen (secondary N) is 2. The normalized spacial score (nSPS) is 11.4. The molecule has 1 aromatic carbocycles. The molecule has 2 N–H and O–H groups in total. The van der Waals surface area contributed by atoms with Crippen LogP contribution in [0, 0.1) is 0 Å². The highest BCUT2D eigenvalue weighted by Crippen LogP contribution is 2.12. The summed E-state index contributed by atoms with van der Waals surface area (Å²) in [6.45, 7) is 3.23. The molecular formula is C22H27N3O3S. The molecule has 0 atom stereocenters. The lowest BCUT2D eigenvalue weighted by molar-refractivity contribution is 0.125. The first-order valence-corrected chi connectivity index (χ1v) is 10.5. The first-order valence-electron chi connectivity index (χ1n) is 9.61. The van der Waals surface area contributed by atoms with Gasteiger partial charge in [-0.1, -0.05) is 18.2 Å². The van der Waals surface area contributed by atoms with Gasteiger partial charge in [0.25, 0.3) is 0 Å². The Morgan fingerprint density at radius 1 is 1.07 bits per heavy atom. The number of benzene rings is 1. The minimum atomic E-state index is 0.569. The SMILES string of the molecule is COc1ccc(COCCNC(=NCc2cccs2)NCCc2ccco2)cc1. The van der Waals surface area contributed by atoms with E-state index in [0.717, 1.165) is 36.0 Å². The van der Waals surface area contributed by atoms with E-state index in [1.54, 1.807) is 24.7 Å². The van der Waals surface area contributed by atoms with Crippen LogP contribution in [-0.4, -0.2) is 32.8 Å². The smallest absolute Gasteiger partial charge is 0.191 e. The number of hydrogen-bond donors (Lipinski definition) is 2. The van der Waals surface area contributed by atoms with Crippen molar-refractivity contribution >= 4 is 17.3 Å². The summed E-state index contributed by atoms with van der Waals surface area (Å²) in [4.78, 5) is 5.89. The van der Waals surface area contributed by atoms with Crippen LogP contribution in [0.15, 0.2) is 69.6 Å². The maximum Gasteiger partial charge on any atom is 0.191 e. The van der Waals surface area contributed by atoms with Gasteiger partial charge in [-0.05, 0) is 41.3 Å². The maximum absolute atomic E-state index is 5.76. The van der Waals surface area contributed by atoms with Crippen molar-refractivity contribution in [2.75, 3.05) is 26.8 Å². The summed E-state index contributed by atoms with van der Waals surface area (Å²) in [6, 6.07) is 15.9. The van der Waals surface area contributed by atoms with Crippen LogP contribution in [0.25, 0.3) is 0 Å². The van der Waals surface area contributed by atoms with Gasteiger partial charge < -0.3 is 24.5 Å². The highest BCUT2D eigenvalue weighted by molar-refractivity contribution is 7.09. The predicted octanol–water partition coefficient (Wildman–Crippen LogP) is 3.84. The van der Waals surface area contributed by atoms with E-state index in [-0.39, 0.29) is 0 Å². The van der Waals surface area contributed by atoms with E-state index >= 15 is 0 Å². The molecule has 0 radical (unpaired) electrons. The second-order valence-electron chi connectivity index (χ2n) is 6.33. The minimum Gasteiger partial charge on any atom is -0.497 e. The van der Waals surface area contributed by atoms with E-state index in [1.807, 2.05) is 42.5 Å². The Bertz CT molecular complexity index is 831. The summed E-state index contributed by atoms with van der Waals surface area (Å²) < 4.78 is 16.3. The third kappa shape index (κ3) is 7.63. The van der Waals surface area contributed by atoms with Crippen molar-refractivity contribution < 1.29 is 13.9 Å². The third-order valence-electron chi connectivity index (χ3n) is 4.18. The molecule has 0 spiro atoms. The molecule has 29 heavy (non-hydrogen) atoms. The van der Waals surface area contributed by atoms with Crippen LogP contribution >= 0.6 is 11.3 Å². The predicted molar refractivity (Wildman–Crippen MR) is 117 cm³/mol. The van der Waals surface area contributed by atoms with Crippen molar-refractivity contribution in [3.8, 4) is 5.75 Å². The molecular weight excluding hydrogens is 386 g/mol. The van der Waals surface area contributed by atoms with Crippen LogP contribution in [0.2, 0.25) is 0 Å². The summed E-state index contributed by atoms with van der Waals surface area (Å²) in [7, 11) is 1.66. The van der Waals surface area contributed by atoms with E-state index in [4.69, 9.17) is 13.9 Å². The van der Waals surface area contributed by atoms with Gasteiger partial charge in [0.05, 0.1) is 33.1 Å². The number of guanidine groups is 1. The molecule has 0 saturated carbocycles. The summed E-state index contributed by atoms with van der Waals surface area (Å²) >= 11 is 1.71. The van der Waals surface area contributed by atoms with Crippen LogP contribution in [0.3, 0.4) is 0 Å². The number of methoxy groups -OCH3 is 1. The Labute approximate surface area is 175 Å². The Morgan fingerprint density at radius 3 is 2.66 bits per heavy atom. The summed E-state index contributed by atoms with van der Waals surface area (Å²) in [6.07, 6.45) is 2.50. The Morgan fingerprint density at radius 2 is 1.93 bits per heavy atom. The molecule has 0 saturated heterocycles. The fourth-order valence-electron chi connectivity index (χ4n) is 2.65. The Balaban J connectivity index is 1.40. The summed E-state index contributed by atoms with van der Waals surface area (Å²) in [5.74, 6) is 2.58. The monoisotopic (exact) mass is 413 g/mol. The number of hydrogen-bond acceptors (Lipinski definition) is 5. The van der Waals surface area contributed by atoms with E-state index in [9.17, 15) is 0 Å². The highest BCUT2D eigenvalue weighted by atomic mass is 32.1. The number of ether oxygens (including phenoxy) is 2. The second kappa shape index (κ2) is 11.9. The fourth-order valence-corrected chi connectivity index (χ4v) is 3.27. The quantitative estimate of drug-likeness (QED) is 0.284. The number of thiophene rings is 1. The second-order valence-corrected chi connectivity index (χ2v) is 7.36. The summed E-state index contributed by atoms with van der Waals surface area (Å²) in [5.41, 5.74) is 1.12. The van der Waals surface area contributed by atoms with Crippen LogP contribution in [0.5, 0.6) is 5.75 Å². The largest absolute Gasteiger partial charge is 0.497 e. The maximum atomic E-state index is 5.76. The molecule has 3 rings (SSSR count). The average molecular weight is 414 g/mol. The van der Waals surface area contributed by atoms with E-state index < -0.39 is 0 Å². The van der Waals surface area contributed by atoms with Crippen molar-refractivity contribution in [1.29, 1.82) is 0 Å². The molecule has 0 amide bonds. The van der Waals surface area contributed by atoms with Gasteiger partial charge in [0.1, 0.15) is 11.5 Å². The van der Waals surface area contributed by atoms with Gasteiger partial charge in [0, 0.05) is 24.4 Å². The van der Waals surface area contributed by atoms with Crippen LogP contribution < -0.4 is 15.4 Å². The average Bonchev–Trinajstić information content (AvgIpc) is 3.46. The van der Waals surface area contributed by atoms with Gasteiger partial charge in [0.15, 0.2) is 5.96 Å². The van der Waals surface area contributed by atoms with Crippen molar-refractivity contribution in [1.82, 2.24) is 10.6 Å². The molecule has 2 aromatic heterocycles. The zero-order chi connectivity index (χ0) is 20.2. The molecule has 7 heteroatoms. The van der Waals surface area contributed by atoms with Crippen molar-refractivity contribution in [2.24, 2.45) is 4.99 Å². The Hall–Kier alpha value is -2.77. The van der Waals surface area contributed by atoms with Crippen LogP contribution in [-0.2, 0) is 24.3 Å². The van der Waals surface area contributed by atoms with Gasteiger partial charge in [-0.3, -0.25) is 0 Å². The Kier molecular flexibility index (Phi) is 8.62. The molecule has 2 heterocycles. The van der Waals surface area contributed by atoms with Gasteiger partial charge >= 0.3 is 0 Å². The van der Waals surface area contributed by atoms with Crippen molar-refractivity contribution in [3.05, 3.63) is 76.4 Å². The lowest BCUT2D eigenvalue weighted by Crippen LogP contribution is -2.40. The molecule has 0 aliphatic carbocycles. The molecule has 0 aliphatic rings. The highest BCUT2D eigenvalue weighted by Gasteiger charge is 2.02. The van der Waals surface area contributed by atoms with E-state index in [2.05, 4.69) is 27.1 Å². The molecule has 0 unspecified atom stereocenters. The number of aliphatic imine (C=N–C) groups is 1. The first-order chi connectivity index (χ1) is 14.3. The van der Waals surface area contributed by atoms with Crippen LogP contribution in [0.1, 0.15) is 16.2 Å². The van der Waals surface area contributed by atoms with E-state index in [1.165, 1.54) is 4.88 Å². The van der Waals surface area contributed by atoms with Gasteiger partial charge in [-0.25, -0.2) is 4.99 Å². The van der Waals surface area contributed by atoms with Gasteiger partial charge in [-0.15, -0.1) is 11.3 Å². The molecule has 3 aromatic rings. The first kappa shape index (κ1) is 21.0. The fraction of sp³-hybridized carbons (Fsp3) is 0.318. The van der Waals surface area contributed by atoms with Crippen molar-refractivity contribution in [2.45, 2.75) is 19.6 Å². The van der Waals surface area contributed by atoms with E-state index in [0.29, 0.717) is 26.3 Å². The molecule has 0 bridgehead atoms. The topological polar surface area (TPSA) is 68.0 Å². The van der Waals surface area contributed by atoms with Gasteiger partial charge in [-0.2, -0.15) is 0 Å². The molecule has 0 fully saturated rings. The zero-order valence-corrected chi connectivity index (χ0v) is 17.4. The molecule has 6 nitrogen and oxygen atoms in total. The number of furan rings is 1. The minimum absolute atomic E-state index is 0.569.